The van der Waals surface area contributed by atoms with E-state index in [1.54, 1.807) is 19.2 Å². The second-order valence-electron chi connectivity index (χ2n) is 5.63. The van der Waals surface area contributed by atoms with E-state index in [2.05, 4.69) is 15.6 Å². The summed E-state index contributed by atoms with van der Waals surface area (Å²) < 4.78 is 13.0. The molecule has 0 radical (unpaired) electrons. The van der Waals surface area contributed by atoms with E-state index in [9.17, 15) is 4.39 Å². The molecule has 0 aromatic heterocycles. The molecule has 0 bridgehead atoms. The third kappa shape index (κ3) is 2.88. The monoisotopic (exact) mass is 261 g/mol. The first kappa shape index (κ1) is 12.5. The number of hydrogen-bond donors (Lipinski definition) is 2. The first-order valence-corrected chi connectivity index (χ1v) is 6.95. The summed E-state index contributed by atoms with van der Waals surface area (Å²) >= 11 is 0. The van der Waals surface area contributed by atoms with Gasteiger partial charge in [0.15, 0.2) is 5.96 Å². The van der Waals surface area contributed by atoms with Gasteiger partial charge in [-0.1, -0.05) is 12.1 Å². The summed E-state index contributed by atoms with van der Waals surface area (Å²) in [6.45, 7) is 0.866. The topological polar surface area (TPSA) is 36.4 Å². The van der Waals surface area contributed by atoms with E-state index < -0.39 is 0 Å². The second-order valence-corrected chi connectivity index (χ2v) is 5.63. The van der Waals surface area contributed by atoms with Gasteiger partial charge in [-0.3, -0.25) is 4.99 Å². The van der Waals surface area contributed by atoms with E-state index in [0.29, 0.717) is 6.04 Å². The smallest absolute Gasteiger partial charge is 0.191 e. The van der Waals surface area contributed by atoms with Gasteiger partial charge in [0, 0.05) is 25.0 Å². The molecule has 2 aliphatic rings. The van der Waals surface area contributed by atoms with Crippen molar-refractivity contribution in [3.05, 3.63) is 35.6 Å². The molecule has 0 unspecified atom stereocenters. The van der Waals surface area contributed by atoms with Crippen molar-refractivity contribution in [2.45, 2.75) is 37.1 Å². The third-order valence-corrected chi connectivity index (χ3v) is 4.05. The number of halogens is 1. The normalized spacial score (nSPS) is 21.1. The van der Waals surface area contributed by atoms with Gasteiger partial charge in [-0.2, -0.15) is 0 Å². The highest BCUT2D eigenvalue weighted by Gasteiger charge is 2.44. The Morgan fingerprint density at radius 3 is 2.53 bits per heavy atom. The Labute approximate surface area is 113 Å². The van der Waals surface area contributed by atoms with Gasteiger partial charge in [-0.25, -0.2) is 4.39 Å². The second kappa shape index (κ2) is 4.83. The predicted molar refractivity (Wildman–Crippen MR) is 74.8 cm³/mol. The summed E-state index contributed by atoms with van der Waals surface area (Å²) in [5.41, 5.74) is 1.40. The van der Waals surface area contributed by atoms with Crippen molar-refractivity contribution in [2.75, 3.05) is 13.6 Å². The molecule has 0 aliphatic heterocycles. The number of hydrogen-bond acceptors (Lipinski definition) is 1. The number of nitrogens with zero attached hydrogens (tertiary/aromatic N) is 1. The van der Waals surface area contributed by atoms with Crippen LogP contribution in [0.15, 0.2) is 29.3 Å². The van der Waals surface area contributed by atoms with Crippen molar-refractivity contribution in [3.8, 4) is 0 Å². The molecule has 0 heterocycles. The molecule has 3 rings (SSSR count). The molecule has 102 valence electrons. The molecular weight excluding hydrogens is 241 g/mol. The maximum Gasteiger partial charge on any atom is 0.191 e. The first-order valence-electron chi connectivity index (χ1n) is 6.95. The van der Waals surface area contributed by atoms with Gasteiger partial charge in [0.1, 0.15) is 5.82 Å². The SMILES string of the molecule is CN=C(NCC1(c2ccc(F)cc2)CC1)NC1CC1. The lowest BCUT2D eigenvalue weighted by atomic mass is 9.96. The first-order chi connectivity index (χ1) is 9.22. The van der Waals surface area contributed by atoms with Crippen LogP contribution in [-0.4, -0.2) is 25.6 Å². The molecule has 4 heteroatoms. The van der Waals surface area contributed by atoms with Gasteiger partial charge in [-0.15, -0.1) is 0 Å². The molecule has 2 saturated carbocycles. The Bertz CT molecular complexity index is 473. The third-order valence-electron chi connectivity index (χ3n) is 4.05. The van der Waals surface area contributed by atoms with Crippen LogP contribution in [0.3, 0.4) is 0 Å². The van der Waals surface area contributed by atoms with Crippen molar-refractivity contribution in [2.24, 2.45) is 4.99 Å². The fourth-order valence-electron chi connectivity index (χ4n) is 2.39. The zero-order valence-corrected chi connectivity index (χ0v) is 11.2. The quantitative estimate of drug-likeness (QED) is 0.644. The van der Waals surface area contributed by atoms with Crippen molar-refractivity contribution < 1.29 is 4.39 Å². The molecule has 3 nitrogen and oxygen atoms in total. The predicted octanol–water partition coefficient (Wildman–Crippen LogP) is 2.18. The Kier molecular flexibility index (Phi) is 3.17. The van der Waals surface area contributed by atoms with Gasteiger partial charge >= 0.3 is 0 Å². The molecule has 2 N–H and O–H groups in total. The van der Waals surface area contributed by atoms with E-state index in [1.165, 1.54) is 18.4 Å². The Morgan fingerprint density at radius 1 is 1.32 bits per heavy atom. The number of aliphatic imine (C=N–C) groups is 1. The van der Waals surface area contributed by atoms with Gasteiger partial charge in [0.2, 0.25) is 0 Å². The fraction of sp³-hybridized carbons (Fsp3) is 0.533. The molecule has 1 aromatic rings. The van der Waals surface area contributed by atoms with Gasteiger partial charge in [0.05, 0.1) is 0 Å². The minimum absolute atomic E-state index is 0.168. The van der Waals surface area contributed by atoms with Gasteiger partial charge < -0.3 is 10.6 Å². The van der Waals surface area contributed by atoms with Crippen LogP contribution in [0.4, 0.5) is 4.39 Å². The fourth-order valence-corrected chi connectivity index (χ4v) is 2.39. The lowest BCUT2D eigenvalue weighted by molar-refractivity contribution is 0.617. The summed E-state index contributed by atoms with van der Waals surface area (Å²) in [6.07, 6.45) is 4.80. The van der Waals surface area contributed by atoms with Crippen molar-refractivity contribution >= 4 is 5.96 Å². The Morgan fingerprint density at radius 2 is 2.00 bits per heavy atom. The maximum atomic E-state index is 13.0. The van der Waals surface area contributed by atoms with Crippen LogP contribution in [0.1, 0.15) is 31.2 Å². The van der Waals surface area contributed by atoms with Crippen LogP contribution < -0.4 is 10.6 Å². The zero-order chi connectivity index (χ0) is 13.3. The van der Waals surface area contributed by atoms with Crippen LogP contribution in [0.25, 0.3) is 0 Å². The molecule has 0 saturated heterocycles. The summed E-state index contributed by atoms with van der Waals surface area (Å²) in [6, 6.07) is 7.51. The average Bonchev–Trinajstić information content (AvgIpc) is 3.31. The zero-order valence-electron chi connectivity index (χ0n) is 11.2. The number of rotatable bonds is 4. The lowest BCUT2D eigenvalue weighted by Gasteiger charge is -2.19. The van der Waals surface area contributed by atoms with Crippen molar-refractivity contribution in [3.63, 3.8) is 0 Å². The molecule has 0 spiro atoms. The largest absolute Gasteiger partial charge is 0.356 e. The highest BCUT2D eigenvalue weighted by molar-refractivity contribution is 5.80. The number of nitrogens with one attached hydrogen (secondary N) is 2. The van der Waals surface area contributed by atoms with Gasteiger partial charge in [-0.05, 0) is 43.4 Å². The van der Waals surface area contributed by atoms with Crippen molar-refractivity contribution in [1.82, 2.24) is 10.6 Å². The van der Waals surface area contributed by atoms with Crippen LogP contribution >= 0.6 is 0 Å². The molecule has 2 aliphatic carbocycles. The van der Waals surface area contributed by atoms with Crippen molar-refractivity contribution in [1.29, 1.82) is 0 Å². The van der Waals surface area contributed by atoms with E-state index in [1.807, 2.05) is 12.1 Å². The van der Waals surface area contributed by atoms with E-state index in [4.69, 9.17) is 0 Å². The van der Waals surface area contributed by atoms with Crippen LogP contribution in [0.5, 0.6) is 0 Å². The molecule has 19 heavy (non-hydrogen) atoms. The lowest BCUT2D eigenvalue weighted by Crippen LogP contribution is -2.42. The van der Waals surface area contributed by atoms with Crippen LogP contribution in [0.2, 0.25) is 0 Å². The minimum Gasteiger partial charge on any atom is -0.356 e. The molecule has 2 fully saturated rings. The van der Waals surface area contributed by atoms with E-state index >= 15 is 0 Å². The molecular formula is C15H20FN3. The van der Waals surface area contributed by atoms with E-state index in [-0.39, 0.29) is 11.2 Å². The van der Waals surface area contributed by atoms with Gasteiger partial charge in [0.25, 0.3) is 0 Å². The molecule has 0 atom stereocenters. The summed E-state index contributed by atoms with van der Waals surface area (Å²) in [5, 5.41) is 6.78. The number of benzene rings is 1. The Balaban J connectivity index is 1.60. The summed E-state index contributed by atoms with van der Waals surface area (Å²) in [4.78, 5) is 4.24. The van der Waals surface area contributed by atoms with Crippen LogP contribution in [-0.2, 0) is 5.41 Å². The molecule has 0 amide bonds. The molecule has 1 aromatic carbocycles. The maximum absolute atomic E-state index is 13.0. The highest BCUT2D eigenvalue weighted by atomic mass is 19.1. The average molecular weight is 261 g/mol. The minimum atomic E-state index is -0.168. The summed E-state index contributed by atoms with van der Waals surface area (Å²) in [7, 11) is 1.80. The standard InChI is InChI=1S/C15H20FN3/c1-17-14(19-13-6-7-13)18-10-15(8-9-15)11-2-4-12(16)5-3-11/h2-5,13H,6-10H2,1H3,(H2,17,18,19). The van der Waals surface area contributed by atoms with Crippen LogP contribution in [0, 0.1) is 5.82 Å². The van der Waals surface area contributed by atoms with E-state index in [0.717, 1.165) is 25.3 Å². The Hall–Kier alpha value is -1.58. The number of guanidine groups is 1. The highest BCUT2D eigenvalue weighted by Crippen LogP contribution is 2.47. The summed E-state index contributed by atoms with van der Waals surface area (Å²) in [5.74, 6) is 0.717.